The second-order valence-electron chi connectivity index (χ2n) is 6.23. The molecule has 1 heterocycles. The van der Waals surface area contributed by atoms with Crippen molar-refractivity contribution in [3.63, 3.8) is 0 Å². The molecule has 1 aromatic carbocycles. The Morgan fingerprint density at radius 2 is 1.96 bits per heavy atom. The van der Waals surface area contributed by atoms with Crippen LogP contribution in [0.2, 0.25) is 0 Å². The number of halogens is 4. The van der Waals surface area contributed by atoms with Crippen molar-refractivity contribution in [3.8, 4) is 5.75 Å². The Morgan fingerprint density at radius 1 is 1.29 bits per heavy atom. The van der Waals surface area contributed by atoms with Crippen molar-refractivity contribution in [2.75, 3.05) is 26.2 Å². The molecule has 0 saturated carbocycles. The van der Waals surface area contributed by atoms with Crippen LogP contribution in [0.4, 0.5) is 13.2 Å². The minimum absolute atomic E-state index is 0.0955. The van der Waals surface area contributed by atoms with E-state index in [0.29, 0.717) is 5.56 Å². The Hall–Kier alpha value is -0.790. The molecule has 2 atom stereocenters. The third-order valence-corrected chi connectivity index (χ3v) is 4.84. The van der Waals surface area contributed by atoms with E-state index < -0.39 is 6.36 Å². The van der Waals surface area contributed by atoms with Crippen molar-refractivity contribution in [1.29, 1.82) is 0 Å². The summed E-state index contributed by atoms with van der Waals surface area (Å²) in [6, 6.07) is 4.66. The van der Waals surface area contributed by atoms with E-state index in [9.17, 15) is 13.2 Å². The van der Waals surface area contributed by atoms with Gasteiger partial charge in [-0.15, -0.1) is 13.2 Å². The van der Waals surface area contributed by atoms with Gasteiger partial charge in [-0.1, -0.05) is 36.2 Å². The molecular formula is C17H24BrF3N2O. The fourth-order valence-corrected chi connectivity index (χ4v) is 3.78. The van der Waals surface area contributed by atoms with Crippen LogP contribution in [-0.2, 0) is 0 Å². The van der Waals surface area contributed by atoms with Gasteiger partial charge in [-0.25, -0.2) is 0 Å². The van der Waals surface area contributed by atoms with Crippen molar-refractivity contribution < 1.29 is 17.9 Å². The molecule has 3 nitrogen and oxygen atoms in total. The SMILES string of the molecule is CCCC(C)[C@H](c1cc(Br)ccc1OC(F)(F)F)N1CCNCC1. The van der Waals surface area contributed by atoms with Gasteiger partial charge < -0.3 is 10.1 Å². The lowest BCUT2D eigenvalue weighted by atomic mass is 9.88. The van der Waals surface area contributed by atoms with Gasteiger partial charge in [0.2, 0.25) is 0 Å². The lowest BCUT2D eigenvalue weighted by Crippen LogP contribution is -2.46. The summed E-state index contributed by atoms with van der Waals surface area (Å²) in [4.78, 5) is 2.27. The van der Waals surface area contributed by atoms with Gasteiger partial charge in [-0.05, 0) is 30.5 Å². The topological polar surface area (TPSA) is 24.5 Å². The molecule has 2 rings (SSSR count). The fraction of sp³-hybridized carbons (Fsp3) is 0.647. The van der Waals surface area contributed by atoms with E-state index in [1.54, 1.807) is 12.1 Å². The highest BCUT2D eigenvalue weighted by atomic mass is 79.9. The summed E-state index contributed by atoms with van der Waals surface area (Å²) in [6.07, 6.45) is -2.75. The van der Waals surface area contributed by atoms with Crippen LogP contribution < -0.4 is 10.1 Å². The van der Waals surface area contributed by atoms with E-state index in [-0.39, 0.29) is 17.7 Å². The quantitative estimate of drug-likeness (QED) is 0.735. The number of nitrogens with one attached hydrogen (secondary N) is 1. The smallest absolute Gasteiger partial charge is 0.405 e. The molecule has 0 spiro atoms. The molecular weight excluding hydrogens is 385 g/mol. The second-order valence-corrected chi connectivity index (χ2v) is 7.14. The van der Waals surface area contributed by atoms with Gasteiger partial charge in [0.15, 0.2) is 0 Å². The standard InChI is InChI=1S/C17H24BrF3N2O/c1-3-4-12(2)16(23-9-7-22-8-10-23)14-11-13(18)5-6-15(14)24-17(19,20)21/h5-6,11-12,16,22H,3-4,7-10H2,1-2H3/t12?,16-/m1/s1. The Bertz CT molecular complexity index is 533. The monoisotopic (exact) mass is 408 g/mol. The summed E-state index contributed by atoms with van der Waals surface area (Å²) >= 11 is 3.39. The van der Waals surface area contributed by atoms with Crippen LogP contribution in [-0.4, -0.2) is 37.4 Å². The minimum Gasteiger partial charge on any atom is -0.405 e. The molecule has 1 unspecified atom stereocenters. The predicted molar refractivity (Wildman–Crippen MR) is 92.1 cm³/mol. The van der Waals surface area contributed by atoms with E-state index >= 15 is 0 Å². The highest BCUT2D eigenvalue weighted by Crippen LogP contribution is 2.40. The average molecular weight is 409 g/mol. The zero-order valence-corrected chi connectivity index (χ0v) is 15.6. The summed E-state index contributed by atoms with van der Waals surface area (Å²) in [5, 5.41) is 3.29. The predicted octanol–water partition coefficient (Wildman–Crippen LogP) is 4.73. The summed E-state index contributed by atoms with van der Waals surface area (Å²) < 4.78 is 43.5. The first-order valence-electron chi connectivity index (χ1n) is 8.31. The van der Waals surface area contributed by atoms with Gasteiger partial charge in [0.1, 0.15) is 5.75 Å². The van der Waals surface area contributed by atoms with Crippen LogP contribution in [0.15, 0.2) is 22.7 Å². The van der Waals surface area contributed by atoms with Crippen LogP contribution in [0.3, 0.4) is 0 Å². The van der Waals surface area contributed by atoms with Gasteiger partial charge >= 0.3 is 6.36 Å². The molecule has 1 fully saturated rings. The van der Waals surface area contributed by atoms with Crippen LogP contribution in [0, 0.1) is 5.92 Å². The largest absolute Gasteiger partial charge is 0.573 e. The first kappa shape index (κ1) is 19.5. The van der Waals surface area contributed by atoms with Crippen molar-refractivity contribution in [3.05, 3.63) is 28.2 Å². The number of hydrogen-bond acceptors (Lipinski definition) is 3. The maximum absolute atomic E-state index is 12.8. The summed E-state index contributed by atoms with van der Waals surface area (Å²) in [5.41, 5.74) is 0.601. The number of piperazine rings is 1. The maximum Gasteiger partial charge on any atom is 0.573 e. The van der Waals surface area contributed by atoms with Gasteiger partial charge in [0.25, 0.3) is 0 Å². The van der Waals surface area contributed by atoms with Crippen molar-refractivity contribution in [2.24, 2.45) is 5.92 Å². The van der Waals surface area contributed by atoms with Gasteiger partial charge in [0.05, 0.1) is 0 Å². The van der Waals surface area contributed by atoms with E-state index in [2.05, 4.69) is 44.7 Å². The van der Waals surface area contributed by atoms with Gasteiger partial charge in [-0.2, -0.15) is 0 Å². The van der Waals surface area contributed by atoms with Crippen LogP contribution in [0.5, 0.6) is 5.75 Å². The molecule has 0 bridgehead atoms. The lowest BCUT2D eigenvalue weighted by Gasteiger charge is -2.39. The Balaban J connectivity index is 2.41. The maximum atomic E-state index is 12.8. The van der Waals surface area contributed by atoms with Crippen molar-refractivity contribution in [1.82, 2.24) is 10.2 Å². The van der Waals surface area contributed by atoms with Crippen molar-refractivity contribution >= 4 is 15.9 Å². The average Bonchev–Trinajstić information content (AvgIpc) is 2.50. The molecule has 1 saturated heterocycles. The molecule has 24 heavy (non-hydrogen) atoms. The molecule has 0 aliphatic carbocycles. The number of nitrogens with zero attached hydrogens (tertiary/aromatic N) is 1. The molecule has 136 valence electrons. The van der Waals surface area contributed by atoms with E-state index in [0.717, 1.165) is 43.5 Å². The first-order valence-corrected chi connectivity index (χ1v) is 9.11. The normalized spacial score (nSPS) is 19.1. The first-order chi connectivity index (χ1) is 11.3. The Morgan fingerprint density at radius 3 is 2.54 bits per heavy atom. The molecule has 1 N–H and O–H groups in total. The molecule has 7 heteroatoms. The minimum atomic E-state index is -4.69. The number of benzene rings is 1. The molecule has 1 aliphatic heterocycles. The van der Waals surface area contributed by atoms with Crippen molar-refractivity contribution in [2.45, 2.75) is 39.1 Å². The molecule has 0 aromatic heterocycles. The third kappa shape index (κ3) is 5.36. The zero-order chi connectivity index (χ0) is 17.7. The Kier molecular flexibility index (Phi) is 6.95. The molecule has 1 aliphatic rings. The highest BCUT2D eigenvalue weighted by Gasteiger charge is 2.35. The van der Waals surface area contributed by atoms with Gasteiger partial charge in [-0.3, -0.25) is 4.90 Å². The van der Waals surface area contributed by atoms with Crippen LogP contribution >= 0.6 is 15.9 Å². The number of ether oxygens (including phenoxy) is 1. The van der Waals surface area contributed by atoms with E-state index in [1.165, 1.54) is 6.07 Å². The van der Waals surface area contributed by atoms with Crippen LogP contribution in [0.1, 0.15) is 38.3 Å². The van der Waals surface area contributed by atoms with E-state index in [4.69, 9.17) is 0 Å². The highest BCUT2D eigenvalue weighted by molar-refractivity contribution is 9.10. The number of rotatable bonds is 6. The Labute approximate surface area is 149 Å². The zero-order valence-electron chi connectivity index (χ0n) is 14.0. The summed E-state index contributed by atoms with van der Waals surface area (Å²) in [6.45, 7) is 7.53. The third-order valence-electron chi connectivity index (χ3n) is 4.34. The summed E-state index contributed by atoms with van der Waals surface area (Å²) in [5.74, 6) is 0.134. The number of alkyl halides is 3. The van der Waals surface area contributed by atoms with Crippen LogP contribution in [0.25, 0.3) is 0 Å². The molecule has 0 radical (unpaired) electrons. The summed E-state index contributed by atoms with van der Waals surface area (Å²) in [7, 11) is 0. The number of hydrogen-bond donors (Lipinski definition) is 1. The fourth-order valence-electron chi connectivity index (χ4n) is 3.40. The molecule has 0 amide bonds. The van der Waals surface area contributed by atoms with E-state index in [1.807, 2.05) is 0 Å². The van der Waals surface area contributed by atoms with Gasteiger partial charge in [0, 0.05) is 42.3 Å². The second kappa shape index (κ2) is 8.54. The molecule has 1 aromatic rings. The lowest BCUT2D eigenvalue weighted by molar-refractivity contribution is -0.275.